The number of hydrogen-bond acceptors (Lipinski definition) is 3. The van der Waals surface area contributed by atoms with Gasteiger partial charge in [0, 0.05) is 0 Å². The van der Waals surface area contributed by atoms with Crippen molar-refractivity contribution in [3.8, 4) is 0 Å². The zero-order valence-corrected chi connectivity index (χ0v) is 10.6. The van der Waals surface area contributed by atoms with Crippen molar-refractivity contribution >= 4 is 18.4 Å². The van der Waals surface area contributed by atoms with Gasteiger partial charge in [0.2, 0.25) is 0 Å². The third kappa shape index (κ3) is 3.51. The molecule has 90 valence electrons. The first-order chi connectivity index (χ1) is 7.06. The molecule has 0 aliphatic rings. The van der Waals surface area contributed by atoms with Crippen LogP contribution >= 0.6 is 12.4 Å². The number of hydrogen-bond donors (Lipinski definition) is 1. The Morgan fingerprint density at radius 2 is 1.88 bits per heavy atom. The Bertz CT molecular complexity index is 353. The first-order valence-corrected chi connectivity index (χ1v) is 4.99. The first-order valence-electron chi connectivity index (χ1n) is 4.99. The van der Waals surface area contributed by atoms with E-state index in [0.717, 1.165) is 5.56 Å². The van der Waals surface area contributed by atoms with Crippen LogP contribution in [0.15, 0.2) is 24.3 Å². The van der Waals surface area contributed by atoms with Crippen LogP contribution < -0.4 is 5.73 Å². The van der Waals surface area contributed by atoms with Crippen LogP contribution in [0.2, 0.25) is 0 Å². The van der Waals surface area contributed by atoms with Gasteiger partial charge in [0.25, 0.3) is 0 Å². The molecular weight excluding hydrogens is 226 g/mol. The molecule has 0 aliphatic carbocycles. The fourth-order valence-corrected chi connectivity index (χ4v) is 1.37. The van der Waals surface area contributed by atoms with Crippen molar-refractivity contribution in [2.75, 3.05) is 7.11 Å². The molecule has 2 N–H and O–H groups in total. The van der Waals surface area contributed by atoms with Gasteiger partial charge < -0.3 is 10.5 Å². The maximum Gasteiger partial charge on any atom is 0.327 e. The SMILES string of the molecule is COC(=O)[C@H](N)c1cccc(C(C)C)c1.Cl. The van der Waals surface area contributed by atoms with Crippen molar-refractivity contribution in [2.45, 2.75) is 25.8 Å². The van der Waals surface area contributed by atoms with Crippen molar-refractivity contribution < 1.29 is 9.53 Å². The van der Waals surface area contributed by atoms with E-state index in [9.17, 15) is 4.79 Å². The molecule has 0 heterocycles. The number of esters is 1. The number of rotatable bonds is 3. The lowest BCUT2D eigenvalue weighted by atomic mass is 9.98. The van der Waals surface area contributed by atoms with Crippen LogP contribution in [0.1, 0.15) is 36.9 Å². The Labute approximate surface area is 102 Å². The molecule has 16 heavy (non-hydrogen) atoms. The average Bonchev–Trinajstić information content (AvgIpc) is 2.27. The normalized spacial score (nSPS) is 11.8. The molecule has 0 fully saturated rings. The molecule has 0 radical (unpaired) electrons. The molecule has 1 aromatic carbocycles. The highest BCUT2D eigenvalue weighted by Crippen LogP contribution is 2.19. The second-order valence-electron chi connectivity index (χ2n) is 3.83. The van der Waals surface area contributed by atoms with Crippen LogP contribution in [0.3, 0.4) is 0 Å². The molecular formula is C12H18ClNO2. The van der Waals surface area contributed by atoms with Crippen LogP contribution in [0, 0.1) is 0 Å². The molecule has 0 aromatic heterocycles. The van der Waals surface area contributed by atoms with E-state index < -0.39 is 12.0 Å². The Morgan fingerprint density at radius 1 is 1.31 bits per heavy atom. The van der Waals surface area contributed by atoms with Crippen molar-refractivity contribution in [2.24, 2.45) is 5.73 Å². The van der Waals surface area contributed by atoms with Gasteiger partial charge in [-0.05, 0) is 17.0 Å². The summed E-state index contributed by atoms with van der Waals surface area (Å²) in [4.78, 5) is 11.2. The molecule has 0 aliphatic heterocycles. The van der Waals surface area contributed by atoms with E-state index in [4.69, 9.17) is 5.73 Å². The van der Waals surface area contributed by atoms with Crippen LogP contribution in [-0.2, 0) is 9.53 Å². The van der Waals surface area contributed by atoms with Crippen LogP contribution in [0.4, 0.5) is 0 Å². The molecule has 1 atom stereocenters. The number of ether oxygens (including phenoxy) is 1. The monoisotopic (exact) mass is 243 g/mol. The minimum atomic E-state index is -0.686. The summed E-state index contributed by atoms with van der Waals surface area (Å²) in [6.45, 7) is 4.20. The van der Waals surface area contributed by atoms with E-state index in [1.165, 1.54) is 12.7 Å². The fourth-order valence-electron chi connectivity index (χ4n) is 1.37. The van der Waals surface area contributed by atoms with Gasteiger partial charge in [0.1, 0.15) is 6.04 Å². The molecule has 0 unspecified atom stereocenters. The maximum absolute atomic E-state index is 11.2. The fraction of sp³-hybridized carbons (Fsp3) is 0.417. The number of halogens is 1. The molecule has 0 spiro atoms. The molecule has 3 nitrogen and oxygen atoms in total. The van der Waals surface area contributed by atoms with Gasteiger partial charge >= 0.3 is 5.97 Å². The van der Waals surface area contributed by atoms with Crippen molar-refractivity contribution in [3.05, 3.63) is 35.4 Å². The van der Waals surface area contributed by atoms with Gasteiger partial charge in [-0.2, -0.15) is 0 Å². The Morgan fingerprint density at radius 3 is 2.38 bits per heavy atom. The Hall–Kier alpha value is -1.06. The Kier molecular flexibility index (Phi) is 6.08. The molecule has 0 saturated heterocycles. The van der Waals surface area contributed by atoms with Crippen molar-refractivity contribution in [3.63, 3.8) is 0 Å². The topological polar surface area (TPSA) is 52.3 Å². The van der Waals surface area contributed by atoms with E-state index in [-0.39, 0.29) is 12.4 Å². The van der Waals surface area contributed by atoms with Gasteiger partial charge in [-0.3, -0.25) is 4.79 Å². The largest absolute Gasteiger partial charge is 0.468 e. The third-order valence-corrected chi connectivity index (χ3v) is 2.39. The molecule has 1 aromatic rings. The average molecular weight is 244 g/mol. The van der Waals surface area contributed by atoms with Gasteiger partial charge in [-0.15, -0.1) is 12.4 Å². The molecule has 1 rings (SSSR count). The van der Waals surface area contributed by atoms with Gasteiger partial charge in [0.05, 0.1) is 7.11 Å². The zero-order valence-electron chi connectivity index (χ0n) is 9.77. The standard InChI is InChI=1S/C12H17NO2.ClH/c1-8(2)9-5-4-6-10(7-9)11(13)12(14)15-3;/h4-8,11H,13H2,1-3H3;1H/t11-;/m1./s1. The quantitative estimate of drug-likeness (QED) is 0.830. The molecule has 0 amide bonds. The molecule has 4 heteroatoms. The minimum Gasteiger partial charge on any atom is -0.468 e. The summed E-state index contributed by atoms with van der Waals surface area (Å²) in [5.41, 5.74) is 7.72. The minimum absolute atomic E-state index is 0. The summed E-state index contributed by atoms with van der Waals surface area (Å²) in [6.07, 6.45) is 0. The number of benzene rings is 1. The molecule has 0 saturated carbocycles. The first kappa shape index (κ1) is 14.9. The van der Waals surface area contributed by atoms with Crippen LogP contribution in [-0.4, -0.2) is 13.1 Å². The summed E-state index contributed by atoms with van der Waals surface area (Å²) < 4.78 is 4.60. The second-order valence-corrected chi connectivity index (χ2v) is 3.83. The highest BCUT2D eigenvalue weighted by atomic mass is 35.5. The van der Waals surface area contributed by atoms with Gasteiger partial charge in [0.15, 0.2) is 0 Å². The highest BCUT2D eigenvalue weighted by molar-refractivity contribution is 5.85. The predicted octanol–water partition coefficient (Wildman–Crippen LogP) is 2.40. The van der Waals surface area contributed by atoms with E-state index in [2.05, 4.69) is 18.6 Å². The summed E-state index contributed by atoms with van der Waals surface area (Å²) >= 11 is 0. The van der Waals surface area contributed by atoms with Crippen molar-refractivity contribution in [1.29, 1.82) is 0 Å². The second kappa shape index (κ2) is 6.51. The van der Waals surface area contributed by atoms with E-state index in [0.29, 0.717) is 5.92 Å². The van der Waals surface area contributed by atoms with Gasteiger partial charge in [-0.1, -0.05) is 38.1 Å². The van der Waals surface area contributed by atoms with Crippen LogP contribution in [0.5, 0.6) is 0 Å². The lowest BCUT2D eigenvalue weighted by molar-refractivity contribution is -0.142. The van der Waals surface area contributed by atoms with E-state index in [1.807, 2.05) is 24.3 Å². The number of carbonyl (C=O) groups excluding carboxylic acids is 1. The lowest BCUT2D eigenvalue weighted by Gasteiger charge is -2.12. The van der Waals surface area contributed by atoms with Crippen LogP contribution in [0.25, 0.3) is 0 Å². The number of methoxy groups -OCH3 is 1. The number of nitrogens with two attached hydrogens (primary N) is 1. The van der Waals surface area contributed by atoms with Crippen molar-refractivity contribution in [1.82, 2.24) is 0 Å². The smallest absolute Gasteiger partial charge is 0.327 e. The summed E-state index contributed by atoms with van der Waals surface area (Å²) in [6, 6.07) is 7.04. The molecule has 0 bridgehead atoms. The van der Waals surface area contributed by atoms with E-state index >= 15 is 0 Å². The van der Waals surface area contributed by atoms with E-state index in [1.54, 1.807) is 0 Å². The summed E-state index contributed by atoms with van der Waals surface area (Å²) in [5, 5.41) is 0. The highest BCUT2D eigenvalue weighted by Gasteiger charge is 2.16. The zero-order chi connectivity index (χ0) is 11.4. The Balaban J connectivity index is 0.00000225. The summed E-state index contributed by atoms with van der Waals surface area (Å²) in [7, 11) is 1.34. The third-order valence-electron chi connectivity index (χ3n) is 2.39. The summed E-state index contributed by atoms with van der Waals surface area (Å²) in [5.74, 6) is 0.0192. The lowest BCUT2D eigenvalue weighted by Crippen LogP contribution is -2.22. The maximum atomic E-state index is 11.2. The predicted molar refractivity (Wildman–Crippen MR) is 66.7 cm³/mol. The number of carbonyl (C=O) groups is 1. The van der Waals surface area contributed by atoms with Gasteiger partial charge in [-0.25, -0.2) is 0 Å².